The number of carbonyl (C=O) groups excluding carboxylic acids is 5. The van der Waals surface area contributed by atoms with E-state index in [2.05, 4.69) is 0 Å². The first kappa shape index (κ1) is 27.6. The van der Waals surface area contributed by atoms with Crippen LogP contribution in [0, 0.1) is 0 Å². The zero-order chi connectivity index (χ0) is 28.4. The molecule has 0 aliphatic carbocycles. The topological polar surface area (TPSA) is 117 Å². The number of ketones is 1. The van der Waals surface area contributed by atoms with Gasteiger partial charge in [0.15, 0.2) is 18.2 Å². The number of nitrogens with zero attached hydrogens (tertiary/aromatic N) is 3. The number of halogens is 2. The minimum absolute atomic E-state index is 0.0194. The highest BCUT2D eigenvalue weighted by atomic mass is 35.5. The monoisotopic (exact) mass is 583 g/mol. The maximum atomic E-state index is 13.2. The average Bonchev–Trinajstić information content (AvgIpc) is 3.61. The Morgan fingerprint density at radius 1 is 0.900 bits per heavy atom. The number of imide groups is 1. The molecule has 40 heavy (non-hydrogen) atoms. The zero-order valence-corrected chi connectivity index (χ0v) is 22.6. The highest BCUT2D eigenvalue weighted by Crippen LogP contribution is 2.27. The van der Waals surface area contributed by atoms with Crippen LogP contribution in [0.4, 0.5) is 5.69 Å². The Morgan fingerprint density at radius 2 is 1.60 bits per heavy atom. The molecule has 2 aliphatic rings. The summed E-state index contributed by atoms with van der Waals surface area (Å²) < 4.78 is 10.3. The fraction of sp³-hybridized carbons (Fsp3) is 0.250. The van der Waals surface area contributed by atoms with Crippen molar-refractivity contribution in [2.24, 2.45) is 0 Å². The lowest BCUT2D eigenvalue weighted by molar-refractivity contribution is -0.123. The fourth-order valence-electron chi connectivity index (χ4n) is 4.68. The van der Waals surface area contributed by atoms with E-state index in [0.717, 1.165) is 4.90 Å². The van der Waals surface area contributed by atoms with Gasteiger partial charge in [-0.05, 0) is 54.6 Å². The average molecular weight is 584 g/mol. The quantitative estimate of drug-likeness (QED) is 0.235. The lowest BCUT2D eigenvalue weighted by Crippen LogP contribution is -2.53. The van der Waals surface area contributed by atoms with E-state index in [1.165, 1.54) is 48.7 Å². The summed E-state index contributed by atoms with van der Waals surface area (Å²) in [7, 11) is 0. The first-order chi connectivity index (χ1) is 19.2. The molecule has 5 rings (SSSR count). The smallest absolute Gasteiger partial charge is 0.338 e. The molecule has 10 nitrogen and oxygen atoms in total. The molecule has 1 aromatic heterocycles. The van der Waals surface area contributed by atoms with Gasteiger partial charge in [-0.1, -0.05) is 23.2 Å². The Bertz CT molecular complexity index is 1470. The summed E-state index contributed by atoms with van der Waals surface area (Å²) in [6, 6.07) is 12.8. The van der Waals surface area contributed by atoms with E-state index >= 15 is 0 Å². The molecular weight excluding hydrogens is 561 g/mol. The lowest BCUT2D eigenvalue weighted by atomic mass is 10.1. The molecule has 0 bridgehead atoms. The van der Waals surface area contributed by atoms with Crippen molar-refractivity contribution in [1.29, 1.82) is 0 Å². The van der Waals surface area contributed by atoms with Crippen molar-refractivity contribution >= 4 is 58.4 Å². The molecule has 2 saturated heterocycles. The number of rotatable bonds is 7. The zero-order valence-electron chi connectivity index (χ0n) is 21.0. The first-order valence-corrected chi connectivity index (χ1v) is 13.2. The molecule has 3 amide bonds. The number of carbonyl (C=O) groups is 5. The van der Waals surface area contributed by atoms with E-state index in [1.807, 2.05) is 4.90 Å². The van der Waals surface area contributed by atoms with E-state index in [-0.39, 0.29) is 46.1 Å². The number of hydrogen-bond acceptors (Lipinski definition) is 8. The Morgan fingerprint density at radius 3 is 2.25 bits per heavy atom. The Labute approximate surface area is 239 Å². The van der Waals surface area contributed by atoms with Gasteiger partial charge in [0, 0.05) is 31.7 Å². The van der Waals surface area contributed by atoms with Gasteiger partial charge in [0.05, 0.1) is 40.0 Å². The van der Waals surface area contributed by atoms with Crippen LogP contribution in [0.3, 0.4) is 0 Å². The molecule has 1 atom stereocenters. The fourth-order valence-corrected chi connectivity index (χ4v) is 4.98. The summed E-state index contributed by atoms with van der Waals surface area (Å²) >= 11 is 11.8. The van der Waals surface area contributed by atoms with Crippen molar-refractivity contribution in [3.8, 4) is 0 Å². The van der Waals surface area contributed by atoms with Crippen molar-refractivity contribution in [2.75, 3.05) is 37.7 Å². The maximum Gasteiger partial charge on any atom is 0.338 e. The van der Waals surface area contributed by atoms with Gasteiger partial charge in [0.2, 0.25) is 5.91 Å². The Kier molecular flexibility index (Phi) is 8.02. The normalized spacial score (nSPS) is 17.8. The Hall–Kier alpha value is -3.99. The number of furan rings is 1. The van der Waals surface area contributed by atoms with Gasteiger partial charge in [0.1, 0.15) is 0 Å². The largest absolute Gasteiger partial charge is 0.459 e. The molecule has 12 heteroatoms. The third kappa shape index (κ3) is 5.65. The van der Waals surface area contributed by atoms with Gasteiger partial charge >= 0.3 is 5.97 Å². The molecule has 3 aromatic rings. The van der Waals surface area contributed by atoms with Crippen molar-refractivity contribution in [3.63, 3.8) is 0 Å². The molecule has 2 aromatic carbocycles. The third-order valence-electron chi connectivity index (χ3n) is 6.83. The van der Waals surface area contributed by atoms with Gasteiger partial charge in [-0.3, -0.25) is 24.1 Å². The second-order valence-electron chi connectivity index (χ2n) is 9.27. The van der Waals surface area contributed by atoms with Gasteiger partial charge < -0.3 is 14.1 Å². The minimum Gasteiger partial charge on any atom is -0.459 e. The van der Waals surface area contributed by atoms with Gasteiger partial charge in [0.25, 0.3) is 11.8 Å². The van der Waals surface area contributed by atoms with Crippen molar-refractivity contribution in [2.45, 2.75) is 12.5 Å². The standard InChI is InChI=1S/C28H23Cl2N3O7/c29-20-8-5-18(14-21(20)30)23(34)16-40-28(38)17-3-6-19(7-4-17)33-25(35)15-22(26(33)36)31-9-11-32(12-10-31)27(37)24-2-1-13-39-24/h1-8,13-14,22H,9-12,15-16H2. The van der Waals surface area contributed by atoms with E-state index in [1.54, 1.807) is 17.0 Å². The van der Waals surface area contributed by atoms with Gasteiger partial charge in [-0.25, -0.2) is 9.69 Å². The second kappa shape index (κ2) is 11.6. The van der Waals surface area contributed by atoms with Crippen molar-refractivity contribution in [1.82, 2.24) is 9.80 Å². The van der Waals surface area contributed by atoms with Crippen LogP contribution in [0.1, 0.15) is 37.7 Å². The number of benzene rings is 2. The second-order valence-corrected chi connectivity index (χ2v) is 10.1. The number of piperazine rings is 1. The summed E-state index contributed by atoms with van der Waals surface area (Å²) in [6.45, 7) is 1.19. The van der Waals surface area contributed by atoms with Crippen LogP contribution in [0.2, 0.25) is 10.0 Å². The molecule has 1 unspecified atom stereocenters. The van der Waals surface area contributed by atoms with Crippen LogP contribution in [0.25, 0.3) is 0 Å². The SMILES string of the molecule is O=C(COC(=O)c1ccc(N2C(=O)CC(N3CCN(C(=O)c4ccco4)CC3)C2=O)cc1)c1ccc(Cl)c(Cl)c1. The van der Waals surface area contributed by atoms with Crippen LogP contribution < -0.4 is 4.90 Å². The molecule has 206 valence electrons. The predicted octanol–water partition coefficient (Wildman–Crippen LogP) is 3.72. The van der Waals surface area contributed by atoms with E-state index in [9.17, 15) is 24.0 Å². The third-order valence-corrected chi connectivity index (χ3v) is 7.57. The number of ether oxygens (including phenoxy) is 1. The van der Waals surface area contributed by atoms with E-state index < -0.39 is 24.4 Å². The van der Waals surface area contributed by atoms with Crippen LogP contribution in [-0.4, -0.2) is 78.1 Å². The number of esters is 1. The lowest BCUT2D eigenvalue weighted by Gasteiger charge is -2.36. The Balaban J connectivity index is 1.16. The summed E-state index contributed by atoms with van der Waals surface area (Å²) in [6.07, 6.45) is 1.46. The summed E-state index contributed by atoms with van der Waals surface area (Å²) in [4.78, 5) is 68.0. The number of amides is 3. The maximum absolute atomic E-state index is 13.2. The van der Waals surface area contributed by atoms with Crippen LogP contribution in [-0.2, 0) is 14.3 Å². The van der Waals surface area contributed by atoms with Gasteiger partial charge in [-0.15, -0.1) is 0 Å². The minimum atomic E-state index is -0.737. The molecular formula is C28H23Cl2N3O7. The van der Waals surface area contributed by atoms with Gasteiger partial charge in [-0.2, -0.15) is 0 Å². The van der Waals surface area contributed by atoms with E-state index in [0.29, 0.717) is 36.9 Å². The molecule has 0 N–H and O–H groups in total. The summed E-state index contributed by atoms with van der Waals surface area (Å²) in [5.41, 5.74) is 0.731. The van der Waals surface area contributed by atoms with Crippen molar-refractivity contribution in [3.05, 3.63) is 87.8 Å². The number of hydrogen-bond donors (Lipinski definition) is 0. The van der Waals surface area contributed by atoms with Crippen LogP contribution >= 0.6 is 23.2 Å². The first-order valence-electron chi connectivity index (χ1n) is 12.4. The molecule has 3 heterocycles. The number of Topliss-reactive ketones (excluding diaryl/α,β-unsaturated/α-hetero) is 1. The number of anilines is 1. The van der Waals surface area contributed by atoms with Crippen LogP contribution in [0.5, 0.6) is 0 Å². The molecule has 0 saturated carbocycles. The highest BCUT2D eigenvalue weighted by Gasteiger charge is 2.43. The molecule has 0 radical (unpaired) electrons. The highest BCUT2D eigenvalue weighted by molar-refractivity contribution is 6.42. The van der Waals surface area contributed by atoms with Crippen molar-refractivity contribution < 1.29 is 33.1 Å². The summed E-state index contributed by atoms with van der Waals surface area (Å²) in [5, 5.41) is 0.516. The molecule has 2 fully saturated rings. The molecule has 0 spiro atoms. The summed E-state index contributed by atoms with van der Waals surface area (Å²) in [5.74, 6) is -1.85. The predicted molar refractivity (Wildman–Crippen MR) is 145 cm³/mol. The van der Waals surface area contributed by atoms with E-state index in [4.69, 9.17) is 32.4 Å². The van der Waals surface area contributed by atoms with Crippen LogP contribution in [0.15, 0.2) is 65.3 Å². The molecule has 2 aliphatic heterocycles.